The number of nitrogens with zero attached hydrogens (tertiary/aromatic N) is 1. The summed E-state index contributed by atoms with van der Waals surface area (Å²) in [6, 6.07) is 2.40. The average molecular weight is 356 g/mol. The quantitative estimate of drug-likeness (QED) is 0.232. The highest BCUT2D eigenvalue weighted by Crippen LogP contribution is 2.13. The lowest BCUT2D eigenvalue weighted by molar-refractivity contribution is -1.37. The molecule has 0 fully saturated rings. The maximum atomic E-state index is 9.89. The summed E-state index contributed by atoms with van der Waals surface area (Å²) in [5.41, 5.74) is 4.68. The van der Waals surface area contributed by atoms with Gasteiger partial charge in [-0.2, -0.15) is 0 Å². The van der Waals surface area contributed by atoms with Gasteiger partial charge in [0.15, 0.2) is 6.54 Å². The first-order chi connectivity index (χ1) is 10.5. The summed E-state index contributed by atoms with van der Waals surface area (Å²) >= 11 is 0. The number of quaternary nitrogens is 1. The van der Waals surface area contributed by atoms with Crippen LogP contribution in [0.2, 0.25) is 12.1 Å². The Balaban J connectivity index is 0. The highest BCUT2D eigenvalue weighted by Gasteiger charge is 2.32. The van der Waals surface area contributed by atoms with Crippen molar-refractivity contribution in [3.63, 3.8) is 0 Å². The molecule has 0 bridgehead atoms. The average Bonchev–Trinajstić information content (AvgIpc) is 2.47. The summed E-state index contributed by atoms with van der Waals surface area (Å²) in [5.74, 6) is 0. The second-order valence-electron chi connectivity index (χ2n) is 4.46. The molecule has 0 unspecified atom stereocenters. The van der Waals surface area contributed by atoms with Crippen molar-refractivity contribution < 1.29 is 29.0 Å². The van der Waals surface area contributed by atoms with Gasteiger partial charge in [0.1, 0.15) is 19.8 Å². The number of rotatable bonds is 12. The minimum absolute atomic E-state index is 0.0915. The molecule has 2 N–H and O–H groups in total. The number of ether oxygens (including phenoxy) is 1. The SMILES string of the molecule is CCO[N+](CCC[SiH3])(OCC)OCC.NC(=O)OCCC[SiH3]. The van der Waals surface area contributed by atoms with Crippen molar-refractivity contribution in [3.05, 3.63) is 0 Å². The van der Waals surface area contributed by atoms with Crippen LogP contribution in [0, 0.1) is 0 Å². The lowest BCUT2D eigenvalue weighted by Gasteiger charge is -2.28. The molecule has 22 heavy (non-hydrogen) atoms. The van der Waals surface area contributed by atoms with Crippen LogP contribution in [-0.2, 0) is 19.2 Å². The Morgan fingerprint density at radius 2 is 1.41 bits per heavy atom. The number of primary amides is 1. The number of hydroxylamine groups is 3. The molecule has 0 aliphatic carbocycles. The van der Waals surface area contributed by atoms with Gasteiger partial charge < -0.3 is 10.5 Å². The second-order valence-corrected chi connectivity index (χ2v) is 6.46. The van der Waals surface area contributed by atoms with Crippen molar-refractivity contribution in [1.82, 2.24) is 0 Å². The Kier molecular flexibility index (Phi) is 18.3. The number of amides is 1. The monoisotopic (exact) mass is 355 g/mol. The van der Waals surface area contributed by atoms with Crippen LogP contribution in [0.1, 0.15) is 33.6 Å². The zero-order valence-electron chi connectivity index (χ0n) is 14.9. The van der Waals surface area contributed by atoms with Crippen LogP contribution in [-0.4, -0.2) is 64.5 Å². The van der Waals surface area contributed by atoms with E-state index in [1.54, 1.807) is 0 Å². The topological polar surface area (TPSA) is 80.0 Å². The van der Waals surface area contributed by atoms with Gasteiger partial charge in [-0.1, -0.05) is 12.1 Å². The molecule has 0 radical (unpaired) electrons. The number of carbonyl (C=O) groups is 1. The molecular formula is C13H35N2O5Si2+. The van der Waals surface area contributed by atoms with Crippen molar-refractivity contribution in [3.8, 4) is 0 Å². The van der Waals surface area contributed by atoms with E-state index in [-0.39, 0.29) is 4.97 Å². The van der Waals surface area contributed by atoms with E-state index in [9.17, 15) is 4.79 Å². The molecule has 0 aromatic carbocycles. The molecule has 134 valence electrons. The minimum atomic E-state index is -0.667. The van der Waals surface area contributed by atoms with Crippen LogP contribution in [0.25, 0.3) is 0 Å². The summed E-state index contributed by atoms with van der Waals surface area (Å²) in [5, 5.41) is 0. The molecule has 0 heterocycles. The maximum Gasteiger partial charge on any atom is 0.404 e. The maximum absolute atomic E-state index is 9.89. The third-order valence-electron chi connectivity index (χ3n) is 2.51. The number of hydrogen-bond acceptors (Lipinski definition) is 5. The normalized spacial score (nSPS) is 11.0. The van der Waals surface area contributed by atoms with Crippen molar-refractivity contribution in [1.29, 1.82) is 0 Å². The predicted octanol–water partition coefficient (Wildman–Crippen LogP) is 0.0870. The van der Waals surface area contributed by atoms with E-state index in [1.165, 1.54) is 26.5 Å². The van der Waals surface area contributed by atoms with Crippen LogP contribution < -0.4 is 5.73 Å². The Morgan fingerprint density at radius 3 is 1.73 bits per heavy atom. The van der Waals surface area contributed by atoms with Gasteiger partial charge in [-0.05, 0) is 27.2 Å². The van der Waals surface area contributed by atoms with Crippen LogP contribution in [0.15, 0.2) is 0 Å². The Labute approximate surface area is 140 Å². The summed E-state index contributed by atoms with van der Waals surface area (Å²) < 4.78 is 4.44. The molecule has 7 nitrogen and oxygen atoms in total. The molecule has 0 spiro atoms. The summed E-state index contributed by atoms with van der Waals surface area (Å²) in [6.45, 7) is 8.91. The first-order valence-corrected chi connectivity index (χ1v) is 11.1. The van der Waals surface area contributed by atoms with Crippen LogP contribution in [0.3, 0.4) is 0 Å². The molecule has 0 aromatic heterocycles. The largest absolute Gasteiger partial charge is 0.450 e. The Bertz CT molecular complexity index is 244. The summed E-state index contributed by atoms with van der Waals surface area (Å²) in [4.78, 5) is 26.4. The van der Waals surface area contributed by atoms with Gasteiger partial charge in [0, 0.05) is 26.9 Å². The van der Waals surface area contributed by atoms with E-state index in [0.29, 0.717) is 26.4 Å². The fourth-order valence-corrected chi connectivity index (χ4v) is 2.17. The zero-order chi connectivity index (χ0) is 17.3. The standard InChI is InChI=1S/C9H24NO3Si.C4H11NO2Si/c1-4-11-10(12-5-2,13-6-3)8-7-9-14;5-4(6)7-2-1-3-8/h4-9H2,1-3,14H3;1-3H2,8H3,(H2,5,6)/q+1;. The molecule has 1 amide bonds. The first-order valence-electron chi connectivity index (χ1n) is 8.25. The highest BCUT2D eigenvalue weighted by molar-refractivity contribution is 6.08. The lowest BCUT2D eigenvalue weighted by atomic mass is 10.5. The van der Waals surface area contributed by atoms with E-state index in [0.717, 1.165) is 25.4 Å². The Hall–Kier alpha value is -0.456. The zero-order valence-corrected chi connectivity index (χ0v) is 18.9. The van der Waals surface area contributed by atoms with Crippen LogP contribution in [0.4, 0.5) is 4.79 Å². The molecule has 0 saturated carbocycles. The van der Waals surface area contributed by atoms with Gasteiger partial charge in [0.25, 0.3) is 0 Å². The lowest BCUT2D eigenvalue weighted by Crippen LogP contribution is -2.48. The molecule has 0 aliphatic rings. The molecular weight excluding hydrogens is 320 g/mol. The van der Waals surface area contributed by atoms with E-state index >= 15 is 0 Å². The fourth-order valence-electron chi connectivity index (χ4n) is 1.56. The van der Waals surface area contributed by atoms with Crippen LogP contribution in [0.5, 0.6) is 0 Å². The number of hydrogen-bond donors (Lipinski definition) is 1. The fraction of sp³-hybridized carbons (Fsp3) is 0.923. The molecule has 0 rings (SSSR count). The van der Waals surface area contributed by atoms with Gasteiger partial charge in [-0.3, -0.25) is 0 Å². The number of nitrogens with two attached hydrogens (primary N) is 1. The summed E-state index contributed by atoms with van der Waals surface area (Å²) in [7, 11) is 2.38. The summed E-state index contributed by atoms with van der Waals surface area (Å²) in [6.07, 6.45) is 1.38. The highest BCUT2D eigenvalue weighted by atomic mass is 28.1. The van der Waals surface area contributed by atoms with Crippen molar-refractivity contribution in [2.24, 2.45) is 5.73 Å². The molecule has 0 aliphatic heterocycles. The van der Waals surface area contributed by atoms with Crippen molar-refractivity contribution in [2.75, 3.05) is 33.0 Å². The molecule has 0 aromatic rings. The van der Waals surface area contributed by atoms with Crippen molar-refractivity contribution >= 4 is 26.6 Å². The molecule has 0 saturated heterocycles. The first kappa shape index (κ1) is 23.8. The molecule has 0 atom stereocenters. The van der Waals surface area contributed by atoms with Gasteiger partial charge in [-0.25, -0.2) is 4.79 Å². The molecule has 9 heteroatoms. The van der Waals surface area contributed by atoms with Crippen LogP contribution >= 0.6 is 0 Å². The third kappa shape index (κ3) is 14.5. The van der Waals surface area contributed by atoms with Gasteiger partial charge in [0.05, 0.1) is 11.6 Å². The third-order valence-corrected chi connectivity index (χ3v) is 3.92. The Morgan fingerprint density at radius 1 is 0.955 bits per heavy atom. The second kappa shape index (κ2) is 16.9. The number of carbonyl (C=O) groups excluding carboxylic acids is 1. The minimum Gasteiger partial charge on any atom is -0.450 e. The van der Waals surface area contributed by atoms with Gasteiger partial charge in [0.2, 0.25) is 0 Å². The van der Waals surface area contributed by atoms with Gasteiger partial charge >= 0.3 is 6.09 Å². The van der Waals surface area contributed by atoms with E-state index in [4.69, 9.17) is 14.5 Å². The smallest absolute Gasteiger partial charge is 0.404 e. The van der Waals surface area contributed by atoms with E-state index in [1.807, 2.05) is 20.8 Å². The van der Waals surface area contributed by atoms with E-state index < -0.39 is 6.09 Å². The predicted molar refractivity (Wildman–Crippen MR) is 94.3 cm³/mol. The van der Waals surface area contributed by atoms with Crippen molar-refractivity contribution in [2.45, 2.75) is 45.7 Å². The van der Waals surface area contributed by atoms with Gasteiger partial charge in [-0.15, -0.1) is 14.5 Å². The van der Waals surface area contributed by atoms with E-state index in [2.05, 4.69) is 10.5 Å².